The molecule has 31 valence electrons. The van der Waals surface area contributed by atoms with Gasteiger partial charge >= 0.3 is 37.7 Å². The van der Waals surface area contributed by atoms with Crippen LogP contribution >= 0.6 is 0 Å². The molecule has 0 spiro atoms. The van der Waals surface area contributed by atoms with Gasteiger partial charge in [-0.05, 0) is 0 Å². The van der Waals surface area contributed by atoms with Crippen molar-refractivity contribution in [3.63, 3.8) is 0 Å². The van der Waals surface area contributed by atoms with E-state index < -0.39 is 0 Å². The Morgan fingerprint density at radius 3 is 1.00 bits per heavy atom. The Balaban J connectivity index is 0. The van der Waals surface area contributed by atoms with Gasteiger partial charge in [0, 0.05) is 33.3 Å². The fraction of sp³-hybridized carbons (Fsp3) is 0. The SMILES string of the molecule is O.[CaH2].[Co].[Ni]. The minimum atomic E-state index is 0. The molecule has 0 heterocycles. The summed E-state index contributed by atoms with van der Waals surface area (Å²) < 4.78 is 0. The first-order valence-corrected chi connectivity index (χ1v) is 0. The summed E-state index contributed by atoms with van der Waals surface area (Å²) in [4.78, 5) is 0. The molecule has 0 atom stereocenters. The zero-order valence-electron chi connectivity index (χ0n) is 1.15. The summed E-state index contributed by atoms with van der Waals surface area (Å²) >= 11 is 0. The van der Waals surface area contributed by atoms with Gasteiger partial charge < -0.3 is 5.48 Å². The van der Waals surface area contributed by atoms with E-state index in [9.17, 15) is 0 Å². The molecular weight excluding hydrogens is 174 g/mol. The predicted octanol–water partition coefficient (Wildman–Crippen LogP) is -1.75. The van der Waals surface area contributed by atoms with Gasteiger partial charge in [-0.1, -0.05) is 0 Å². The van der Waals surface area contributed by atoms with E-state index in [1.165, 1.54) is 0 Å². The maximum atomic E-state index is 0. The second kappa shape index (κ2) is 18.9. The van der Waals surface area contributed by atoms with Gasteiger partial charge in [0.05, 0.1) is 0 Å². The van der Waals surface area contributed by atoms with Crippen molar-refractivity contribution in [2.24, 2.45) is 0 Å². The Labute approximate surface area is 75.3 Å². The minimum Gasteiger partial charge on any atom is 0 e. The third-order valence-corrected chi connectivity index (χ3v) is 0. The molecule has 4 heavy (non-hydrogen) atoms. The second-order valence-corrected chi connectivity index (χ2v) is 0. The molecular formula is H4CaCoNiO. The fourth-order valence-electron chi connectivity index (χ4n) is 0. The molecule has 0 unspecified atom stereocenters. The quantitative estimate of drug-likeness (QED) is 0.394. The summed E-state index contributed by atoms with van der Waals surface area (Å²) in [5.41, 5.74) is 0. The predicted molar refractivity (Wildman–Crippen MR) is 12.2 cm³/mol. The van der Waals surface area contributed by atoms with Crippen LogP contribution in [0.2, 0.25) is 0 Å². The summed E-state index contributed by atoms with van der Waals surface area (Å²) in [5.74, 6) is 0. The molecule has 4 heteroatoms. The Morgan fingerprint density at radius 1 is 1.00 bits per heavy atom. The number of hydrogen-bond donors (Lipinski definition) is 0. The van der Waals surface area contributed by atoms with Crippen LogP contribution in [0.1, 0.15) is 0 Å². The first-order valence-electron chi connectivity index (χ1n) is 0. The summed E-state index contributed by atoms with van der Waals surface area (Å²) in [6.07, 6.45) is 0. The van der Waals surface area contributed by atoms with Gasteiger partial charge in [-0.25, -0.2) is 0 Å². The van der Waals surface area contributed by atoms with E-state index in [0.29, 0.717) is 0 Å². The molecule has 0 aromatic rings. The van der Waals surface area contributed by atoms with Crippen molar-refractivity contribution in [2.45, 2.75) is 0 Å². The topological polar surface area (TPSA) is 31.5 Å². The molecule has 1 radical (unpaired) electrons. The van der Waals surface area contributed by atoms with Crippen molar-refractivity contribution in [1.82, 2.24) is 0 Å². The Morgan fingerprint density at radius 2 is 1.00 bits per heavy atom. The van der Waals surface area contributed by atoms with E-state index in [2.05, 4.69) is 0 Å². The summed E-state index contributed by atoms with van der Waals surface area (Å²) in [7, 11) is 0. The molecule has 0 aliphatic carbocycles. The number of hydrogen-bond acceptors (Lipinski definition) is 0. The van der Waals surface area contributed by atoms with Crippen molar-refractivity contribution in [2.75, 3.05) is 0 Å². The zero-order chi connectivity index (χ0) is 0. The molecule has 0 saturated carbocycles. The second-order valence-electron chi connectivity index (χ2n) is 0. The average molecular weight is 178 g/mol. The summed E-state index contributed by atoms with van der Waals surface area (Å²) in [6.45, 7) is 0. The van der Waals surface area contributed by atoms with Crippen molar-refractivity contribution < 1.29 is 38.7 Å². The maximum absolute atomic E-state index is 0. The third kappa shape index (κ3) is 8.88. The molecule has 0 aliphatic heterocycles. The molecule has 0 amide bonds. The van der Waals surface area contributed by atoms with Crippen LogP contribution in [0.5, 0.6) is 0 Å². The van der Waals surface area contributed by atoms with Crippen LogP contribution in [0.25, 0.3) is 0 Å². The molecule has 0 bridgehead atoms. The summed E-state index contributed by atoms with van der Waals surface area (Å²) in [6, 6.07) is 0. The van der Waals surface area contributed by atoms with Crippen LogP contribution < -0.4 is 0 Å². The molecule has 0 aromatic heterocycles. The van der Waals surface area contributed by atoms with Gasteiger partial charge in [-0.2, -0.15) is 0 Å². The number of rotatable bonds is 0. The van der Waals surface area contributed by atoms with E-state index in [1.807, 2.05) is 0 Å². The average Bonchev–Trinajstić information content (AvgIpc) is 0. The van der Waals surface area contributed by atoms with Crippen LogP contribution in [0.4, 0.5) is 0 Å². The van der Waals surface area contributed by atoms with Crippen molar-refractivity contribution in [3.05, 3.63) is 0 Å². The fourth-order valence-corrected chi connectivity index (χ4v) is 0. The molecule has 2 N–H and O–H groups in total. The van der Waals surface area contributed by atoms with Gasteiger partial charge in [0.2, 0.25) is 0 Å². The Kier molecular flexibility index (Phi) is 162. The normalized spacial score (nSPS) is 0. The molecule has 0 rings (SSSR count). The van der Waals surface area contributed by atoms with E-state index in [1.54, 1.807) is 0 Å². The maximum Gasteiger partial charge on any atom is 0 e. The monoisotopic (exact) mass is 177 g/mol. The van der Waals surface area contributed by atoms with Gasteiger partial charge in [0.25, 0.3) is 0 Å². The molecule has 0 aliphatic rings. The van der Waals surface area contributed by atoms with Crippen LogP contribution in [-0.4, -0.2) is 43.2 Å². The van der Waals surface area contributed by atoms with E-state index in [-0.39, 0.29) is 76.5 Å². The summed E-state index contributed by atoms with van der Waals surface area (Å²) in [5, 5.41) is 0. The van der Waals surface area contributed by atoms with Gasteiger partial charge in [0.15, 0.2) is 0 Å². The van der Waals surface area contributed by atoms with Crippen LogP contribution in [0.15, 0.2) is 0 Å². The molecule has 0 saturated heterocycles. The largest absolute Gasteiger partial charge is 0 e. The van der Waals surface area contributed by atoms with Crippen molar-refractivity contribution >= 4 is 37.7 Å². The first kappa shape index (κ1) is 34.4. The van der Waals surface area contributed by atoms with Crippen LogP contribution in [-0.2, 0) is 33.3 Å². The van der Waals surface area contributed by atoms with Crippen LogP contribution in [0, 0.1) is 0 Å². The first-order chi connectivity index (χ1) is 0. The van der Waals surface area contributed by atoms with Gasteiger partial charge in [-0.15, -0.1) is 0 Å². The standard InChI is InChI=1S/Ca.Co.Ni.H2O.2H/h;;;1H2;;. The van der Waals surface area contributed by atoms with E-state index in [4.69, 9.17) is 0 Å². The molecule has 0 fully saturated rings. The Hall–Kier alpha value is 2.22. The smallest absolute Gasteiger partial charge is 0 e. The van der Waals surface area contributed by atoms with Gasteiger partial charge in [-0.3, -0.25) is 0 Å². The van der Waals surface area contributed by atoms with Crippen molar-refractivity contribution in [3.8, 4) is 0 Å². The minimum absolute atomic E-state index is 0. The van der Waals surface area contributed by atoms with E-state index >= 15 is 0 Å². The zero-order valence-corrected chi connectivity index (χ0v) is 3.18. The van der Waals surface area contributed by atoms with E-state index in [0.717, 1.165) is 0 Å². The molecule has 0 aromatic carbocycles. The van der Waals surface area contributed by atoms with Crippen LogP contribution in [0.3, 0.4) is 0 Å². The third-order valence-electron chi connectivity index (χ3n) is 0. The van der Waals surface area contributed by atoms with Gasteiger partial charge in [0.1, 0.15) is 0 Å². The van der Waals surface area contributed by atoms with Crippen molar-refractivity contribution in [1.29, 1.82) is 0 Å². The molecule has 1 nitrogen and oxygen atoms in total. The Bertz CT molecular complexity index is 8.00.